The maximum Gasteiger partial charge on any atom is 0.244 e. The van der Waals surface area contributed by atoms with Gasteiger partial charge in [0.1, 0.15) is 0 Å². The van der Waals surface area contributed by atoms with Gasteiger partial charge >= 0.3 is 0 Å². The summed E-state index contributed by atoms with van der Waals surface area (Å²) >= 11 is 7.13. The van der Waals surface area contributed by atoms with Gasteiger partial charge in [-0.1, -0.05) is 0 Å². The molecule has 0 saturated heterocycles. The summed E-state index contributed by atoms with van der Waals surface area (Å²) in [5.74, 6) is 0.211. The van der Waals surface area contributed by atoms with E-state index in [4.69, 9.17) is 16.3 Å². The molecule has 0 aliphatic heterocycles. The molecule has 4 nitrogen and oxygen atoms in total. The molecule has 18 heavy (non-hydrogen) atoms. The summed E-state index contributed by atoms with van der Waals surface area (Å²) in [6, 6.07) is 1.49. The van der Waals surface area contributed by atoms with E-state index in [0.29, 0.717) is 22.9 Å². The molecule has 1 aromatic rings. The summed E-state index contributed by atoms with van der Waals surface area (Å²) in [7, 11) is -1.94. The maximum absolute atomic E-state index is 12.5. The van der Waals surface area contributed by atoms with Crippen LogP contribution in [0.3, 0.4) is 0 Å². The second-order valence-electron chi connectivity index (χ2n) is 4.04. The van der Waals surface area contributed by atoms with Gasteiger partial charge in [0.25, 0.3) is 0 Å². The maximum atomic E-state index is 12.5. The van der Waals surface area contributed by atoms with E-state index in [0.717, 1.165) is 0 Å². The normalized spacial score (nSPS) is 12.6. The SMILES string of the molecule is COCCN(C(C)C)S(=O)(=O)c1ccsc1CCl. The highest BCUT2D eigenvalue weighted by molar-refractivity contribution is 7.89. The molecule has 0 fully saturated rings. The topological polar surface area (TPSA) is 46.6 Å². The number of ether oxygens (including phenoxy) is 1. The van der Waals surface area contributed by atoms with Crippen molar-refractivity contribution in [2.24, 2.45) is 0 Å². The molecule has 0 spiro atoms. The van der Waals surface area contributed by atoms with E-state index in [1.165, 1.54) is 15.6 Å². The average molecular weight is 312 g/mol. The van der Waals surface area contributed by atoms with E-state index in [9.17, 15) is 8.42 Å². The molecule has 7 heteroatoms. The molecule has 0 atom stereocenters. The van der Waals surface area contributed by atoms with Gasteiger partial charge in [0.15, 0.2) is 0 Å². The van der Waals surface area contributed by atoms with Gasteiger partial charge in [-0.15, -0.1) is 22.9 Å². The third kappa shape index (κ3) is 3.45. The zero-order valence-corrected chi connectivity index (χ0v) is 13.1. The Morgan fingerprint density at radius 3 is 2.67 bits per heavy atom. The van der Waals surface area contributed by atoms with Crippen LogP contribution in [0.15, 0.2) is 16.3 Å². The Labute approximate surface area is 118 Å². The van der Waals surface area contributed by atoms with E-state index < -0.39 is 10.0 Å². The standard InChI is InChI=1S/C11H18ClNO3S2/c1-9(2)13(5-6-16-3)18(14,15)11-4-7-17-10(11)8-12/h4,7,9H,5-6,8H2,1-3H3. The molecule has 0 unspecified atom stereocenters. The number of thiophene rings is 1. The Bertz CT molecular complexity index is 470. The Balaban J connectivity index is 3.09. The Morgan fingerprint density at radius 1 is 1.50 bits per heavy atom. The Morgan fingerprint density at radius 2 is 2.17 bits per heavy atom. The molecule has 0 N–H and O–H groups in total. The van der Waals surface area contributed by atoms with Crippen molar-refractivity contribution in [3.8, 4) is 0 Å². The summed E-state index contributed by atoms with van der Waals surface area (Å²) in [6.07, 6.45) is 0. The second-order valence-corrected chi connectivity index (χ2v) is 7.17. The zero-order chi connectivity index (χ0) is 13.8. The van der Waals surface area contributed by atoms with Gasteiger partial charge in [0.05, 0.1) is 17.4 Å². The lowest BCUT2D eigenvalue weighted by Gasteiger charge is -2.25. The van der Waals surface area contributed by atoms with Crippen LogP contribution in [0.2, 0.25) is 0 Å². The summed E-state index contributed by atoms with van der Waals surface area (Å²) in [4.78, 5) is 0.993. The van der Waals surface area contributed by atoms with Crippen molar-refractivity contribution >= 4 is 33.0 Å². The van der Waals surface area contributed by atoms with Crippen molar-refractivity contribution in [3.05, 3.63) is 16.3 Å². The summed E-state index contributed by atoms with van der Waals surface area (Å²) in [5, 5.41) is 1.75. The van der Waals surface area contributed by atoms with Crippen LogP contribution >= 0.6 is 22.9 Å². The van der Waals surface area contributed by atoms with Crippen molar-refractivity contribution < 1.29 is 13.2 Å². The van der Waals surface area contributed by atoms with E-state index in [1.54, 1.807) is 18.6 Å². The highest BCUT2D eigenvalue weighted by Gasteiger charge is 2.29. The second kappa shape index (κ2) is 6.86. The predicted molar refractivity (Wildman–Crippen MR) is 74.8 cm³/mol. The first-order chi connectivity index (χ1) is 8.45. The molecule has 0 aliphatic rings. The lowest BCUT2D eigenvalue weighted by molar-refractivity contribution is 0.171. The van der Waals surface area contributed by atoms with Crippen LogP contribution in [-0.2, 0) is 20.6 Å². The first kappa shape index (κ1) is 15.9. The minimum Gasteiger partial charge on any atom is -0.383 e. The number of methoxy groups -OCH3 is 1. The number of halogens is 1. The van der Waals surface area contributed by atoms with Crippen molar-refractivity contribution in [3.63, 3.8) is 0 Å². The predicted octanol–water partition coefficient (Wildman–Crippen LogP) is 2.53. The Kier molecular flexibility index (Phi) is 6.07. The lowest BCUT2D eigenvalue weighted by Crippen LogP contribution is -2.39. The van der Waals surface area contributed by atoms with Crippen LogP contribution in [0, 0.1) is 0 Å². The quantitative estimate of drug-likeness (QED) is 0.727. The van der Waals surface area contributed by atoms with Gasteiger partial charge in [-0.25, -0.2) is 8.42 Å². The third-order valence-corrected chi connectivity index (χ3v) is 6.14. The average Bonchev–Trinajstić information content (AvgIpc) is 2.77. The third-order valence-electron chi connectivity index (χ3n) is 2.50. The first-order valence-corrected chi connectivity index (χ1v) is 8.43. The number of hydrogen-bond acceptors (Lipinski definition) is 4. The molecule has 0 radical (unpaired) electrons. The monoisotopic (exact) mass is 311 g/mol. The van der Waals surface area contributed by atoms with Crippen LogP contribution in [0.5, 0.6) is 0 Å². The fraction of sp³-hybridized carbons (Fsp3) is 0.636. The molecular weight excluding hydrogens is 294 g/mol. The van der Waals surface area contributed by atoms with Gasteiger partial charge in [-0.3, -0.25) is 0 Å². The van der Waals surface area contributed by atoms with Crippen molar-refractivity contribution in [1.82, 2.24) is 4.31 Å². The molecule has 104 valence electrons. The minimum atomic E-state index is -3.49. The van der Waals surface area contributed by atoms with E-state index >= 15 is 0 Å². The van der Waals surface area contributed by atoms with Crippen molar-refractivity contribution in [1.29, 1.82) is 0 Å². The van der Waals surface area contributed by atoms with Crippen LogP contribution < -0.4 is 0 Å². The van der Waals surface area contributed by atoms with Crippen LogP contribution in [0.1, 0.15) is 18.7 Å². The van der Waals surface area contributed by atoms with Crippen LogP contribution in [0.25, 0.3) is 0 Å². The fourth-order valence-electron chi connectivity index (χ4n) is 1.62. The fourth-order valence-corrected chi connectivity index (χ4v) is 4.92. The van der Waals surface area contributed by atoms with Gasteiger partial charge in [0.2, 0.25) is 10.0 Å². The molecule has 0 amide bonds. The number of sulfonamides is 1. The molecule has 1 rings (SSSR count). The van der Waals surface area contributed by atoms with Crippen LogP contribution in [-0.4, -0.2) is 39.0 Å². The van der Waals surface area contributed by atoms with Crippen molar-refractivity contribution in [2.75, 3.05) is 20.3 Å². The lowest BCUT2D eigenvalue weighted by atomic mass is 10.4. The number of hydrogen-bond donors (Lipinski definition) is 0. The molecule has 1 aromatic heterocycles. The molecule has 0 aliphatic carbocycles. The minimum absolute atomic E-state index is 0.117. The first-order valence-electron chi connectivity index (χ1n) is 5.58. The summed E-state index contributed by atoms with van der Waals surface area (Å²) < 4.78 is 31.5. The number of nitrogens with zero attached hydrogens (tertiary/aromatic N) is 1. The highest BCUT2D eigenvalue weighted by atomic mass is 35.5. The summed E-state index contributed by atoms with van der Waals surface area (Å²) in [5.41, 5.74) is 0. The molecule has 0 aromatic carbocycles. The van der Waals surface area contributed by atoms with Crippen LogP contribution in [0.4, 0.5) is 0 Å². The molecular formula is C11H18ClNO3S2. The van der Waals surface area contributed by atoms with E-state index in [2.05, 4.69) is 0 Å². The molecule has 0 saturated carbocycles. The van der Waals surface area contributed by atoms with E-state index in [1.807, 2.05) is 13.8 Å². The van der Waals surface area contributed by atoms with Crippen molar-refractivity contribution in [2.45, 2.75) is 30.7 Å². The largest absolute Gasteiger partial charge is 0.383 e. The van der Waals surface area contributed by atoms with Gasteiger partial charge in [-0.05, 0) is 25.3 Å². The zero-order valence-electron chi connectivity index (χ0n) is 10.7. The molecule has 0 bridgehead atoms. The number of alkyl halides is 1. The van der Waals surface area contributed by atoms with Gasteiger partial charge in [0, 0.05) is 24.6 Å². The van der Waals surface area contributed by atoms with Gasteiger partial charge < -0.3 is 4.74 Å². The molecule has 1 heterocycles. The smallest absolute Gasteiger partial charge is 0.244 e. The Hall–Kier alpha value is -0.140. The van der Waals surface area contributed by atoms with Gasteiger partial charge in [-0.2, -0.15) is 4.31 Å². The number of rotatable bonds is 7. The van der Waals surface area contributed by atoms with E-state index in [-0.39, 0.29) is 11.9 Å². The highest BCUT2D eigenvalue weighted by Crippen LogP contribution is 2.27. The summed E-state index contributed by atoms with van der Waals surface area (Å²) in [6.45, 7) is 4.41.